The Balaban J connectivity index is 1.34. The highest BCUT2D eigenvalue weighted by Gasteiger charge is 2.76. The molecule has 1 aromatic heterocycles. The molecular weight excluding hydrogens is 785 g/mol. The third kappa shape index (κ3) is 6.39. The molecule has 6 atom stereocenters. The Morgan fingerprint density at radius 3 is 2.25 bits per heavy atom. The van der Waals surface area contributed by atoms with Gasteiger partial charge in [0.05, 0.1) is 47.1 Å². The van der Waals surface area contributed by atoms with Gasteiger partial charge >= 0.3 is 12.1 Å². The third-order valence-corrected chi connectivity index (χ3v) is 12.4. The lowest BCUT2D eigenvalue weighted by Gasteiger charge is -2.46. The van der Waals surface area contributed by atoms with Crippen molar-refractivity contribution in [2.24, 2.45) is 5.92 Å². The Kier molecular flexibility index (Phi) is 10.6. The summed E-state index contributed by atoms with van der Waals surface area (Å²) >= 11 is 1.25. The number of carbonyl (C=O) groups is 4. The van der Waals surface area contributed by atoms with Crippen molar-refractivity contribution in [3.63, 3.8) is 0 Å². The number of fused-ring (bicyclic) bond motifs is 4. The number of rotatable bonds is 11. The molecule has 5 aromatic carbocycles. The molecule has 60 heavy (non-hydrogen) atoms. The van der Waals surface area contributed by atoms with Crippen LogP contribution in [0.2, 0.25) is 0 Å². The van der Waals surface area contributed by atoms with Crippen molar-refractivity contribution in [3.05, 3.63) is 156 Å². The maximum atomic E-state index is 16.1. The van der Waals surface area contributed by atoms with Crippen LogP contribution in [-0.4, -0.2) is 78.4 Å². The van der Waals surface area contributed by atoms with Gasteiger partial charge in [0.2, 0.25) is 11.8 Å². The van der Waals surface area contributed by atoms with Gasteiger partial charge < -0.3 is 29.4 Å². The fourth-order valence-corrected chi connectivity index (χ4v) is 10.1. The first-order valence-electron chi connectivity index (χ1n) is 19.5. The first-order chi connectivity index (χ1) is 29.4. The number of amides is 3. The molecule has 3 amide bonds. The molecule has 2 fully saturated rings. The van der Waals surface area contributed by atoms with E-state index in [1.165, 1.54) is 18.4 Å². The summed E-state index contributed by atoms with van der Waals surface area (Å²) in [5.74, 6) is -3.40. The van der Waals surface area contributed by atoms with Gasteiger partial charge in [0, 0.05) is 12.7 Å². The largest absolute Gasteiger partial charge is 0.491 e. The zero-order valence-corrected chi connectivity index (χ0v) is 33.2. The van der Waals surface area contributed by atoms with E-state index in [9.17, 15) is 9.90 Å². The van der Waals surface area contributed by atoms with Gasteiger partial charge in [-0.05, 0) is 41.0 Å². The number of hydrogen-bond acceptors (Lipinski definition) is 12. The number of carbonyl (C=O) groups excluding carboxylic acids is 4. The number of methoxy groups -OCH3 is 1. The second-order valence-electron chi connectivity index (χ2n) is 14.6. The number of ether oxygens (including phenoxy) is 4. The van der Waals surface area contributed by atoms with Crippen LogP contribution in [-0.2, 0) is 34.0 Å². The molecule has 3 aliphatic heterocycles. The molecule has 3 aliphatic rings. The molecule has 13 nitrogen and oxygen atoms in total. The van der Waals surface area contributed by atoms with Gasteiger partial charge in [0.1, 0.15) is 36.5 Å². The SMILES string of the molecule is COCCOC(=O)N1C(=O)[C@@]2(c3ccccc31)[C@H](C(=O)Nc1nc3ccccc3s1)[C@H]1C(=O)O[C@H](c3ccccc3)[C@H](c3ccccc3)N1[C@@H]2c1ccccc1OCCO. The number of cyclic esters (lactones) is 1. The summed E-state index contributed by atoms with van der Waals surface area (Å²) < 4.78 is 24.3. The zero-order chi connectivity index (χ0) is 41.4. The number of nitrogens with zero attached hydrogens (tertiary/aromatic N) is 3. The fourth-order valence-electron chi connectivity index (χ4n) is 9.19. The maximum absolute atomic E-state index is 16.1. The van der Waals surface area contributed by atoms with Crippen LogP contribution in [0.4, 0.5) is 15.6 Å². The molecule has 4 heterocycles. The molecule has 0 aliphatic carbocycles. The van der Waals surface area contributed by atoms with E-state index in [4.69, 9.17) is 18.9 Å². The van der Waals surface area contributed by atoms with Crippen molar-refractivity contribution < 1.29 is 43.2 Å². The van der Waals surface area contributed by atoms with E-state index in [2.05, 4.69) is 10.3 Å². The Morgan fingerprint density at radius 1 is 0.817 bits per heavy atom. The Morgan fingerprint density at radius 2 is 1.50 bits per heavy atom. The number of aromatic nitrogens is 1. The van der Waals surface area contributed by atoms with Crippen molar-refractivity contribution in [3.8, 4) is 5.75 Å². The average Bonchev–Trinajstić information content (AvgIpc) is 3.92. The molecule has 0 bridgehead atoms. The molecule has 2 saturated heterocycles. The molecule has 304 valence electrons. The molecular formula is C46H40N4O9S. The fraction of sp³-hybridized carbons (Fsp3) is 0.239. The second kappa shape index (κ2) is 16.3. The van der Waals surface area contributed by atoms with Crippen LogP contribution in [0.5, 0.6) is 5.75 Å². The number of para-hydroxylation sites is 3. The Bertz CT molecular complexity index is 2540. The lowest BCUT2D eigenvalue weighted by molar-refractivity contribution is -0.177. The standard InChI is InChI=1S/C46H40N4O9S/c1-56-26-27-58-45(55)49-33-21-11-9-19-31(33)46(43(49)54)36(41(52)48-44-47-32-20-10-13-23-35(32)60-44)38-42(53)59-39(29-16-6-3-7-17-29)37(28-14-4-2-5-15-28)50(38)40(46)30-18-8-12-22-34(30)57-25-24-51/h2-23,36-40,51H,24-27H2,1H3,(H,47,48,52)/t36-,37-,38-,39+,40+,46-/m0/s1. The Hall–Kier alpha value is -6.45. The monoisotopic (exact) mass is 824 g/mol. The molecule has 6 aromatic rings. The van der Waals surface area contributed by atoms with Gasteiger partial charge in [-0.15, -0.1) is 0 Å². The summed E-state index contributed by atoms with van der Waals surface area (Å²) in [6, 6.07) is 36.7. The van der Waals surface area contributed by atoms with Crippen molar-refractivity contribution in [2.45, 2.75) is 29.6 Å². The van der Waals surface area contributed by atoms with Crippen LogP contribution in [0.1, 0.15) is 40.4 Å². The normalized spacial score (nSPS) is 23.3. The quantitative estimate of drug-likeness (QED) is 0.105. The van der Waals surface area contributed by atoms with E-state index in [0.717, 1.165) is 15.2 Å². The van der Waals surface area contributed by atoms with E-state index in [0.29, 0.717) is 28.0 Å². The topological polar surface area (TPSA) is 157 Å². The smallest absolute Gasteiger partial charge is 0.421 e. The third-order valence-electron chi connectivity index (χ3n) is 11.4. The molecule has 14 heteroatoms. The Labute approximate surface area is 349 Å². The van der Waals surface area contributed by atoms with Crippen LogP contribution in [0, 0.1) is 5.92 Å². The van der Waals surface area contributed by atoms with E-state index in [-0.39, 0.29) is 37.2 Å². The van der Waals surface area contributed by atoms with Gasteiger partial charge in [0.25, 0.3) is 0 Å². The minimum Gasteiger partial charge on any atom is -0.491 e. The minimum absolute atomic E-state index is 0.0767. The van der Waals surface area contributed by atoms with Crippen molar-refractivity contribution >= 4 is 56.2 Å². The van der Waals surface area contributed by atoms with Crippen LogP contribution >= 0.6 is 11.3 Å². The summed E-state index contributed by atoms with van der Waals surface area (Å²) in [5.41, 5.74) is 1.08. The number of aliphatic hydroxyl groups excluding tert-OH is 1. The first kappa shape index (κ1) is 39.0. The first-order valence-corrected chi connectivity index (χ1v) is 20.4. The van der Waals surface area contributed by atoms with Gasteiger partial charge in [-0.25, -0.2) is 14.7 Å². The summed E-state index contributed by atoms with van der Waals surface area (Å²) in [6.45, 7) is -0.456. The molecule has 0 saturated carbocycles. The van der Waals surface area contributed by atoms with Crippen LogP contribution < -0.4 is 15.0 Å². The number of imide groups is 1. The lowest BCUT2D eigenvalue weighted by Crippen LogP contribution is -2.54. The van der Waals surface area contributed by atoms with Crippen molar-refractivity contribution in [2.75, 3.05) is 43.8 Å². The average molecular weight is 825 g/mol. The van der Waals surface area contributed by atoms with Gasteiger partial charge in [0.15, 0.2) is 5.13 Å². The predicted molar refractivity (Wildman–Crippen MR) is 222 cm³/mol. The van der Waals surface area contributed by atoms with Crippen LogP contribution in [0.25, 0.3) is 10.2 Å². The highest BCUT2D eigenvalue weighted by atomic mass is 32.1. The van der Waals surface area contributed by atoms with E-state index >= 15 is 14.4 Å². The van der Waals surface area contributed by atoms with Crippen molar-refractivity contribution in [1.29, 1.82) is 0 Å². The number of morpholine rings is 1. The highest BCUT2D eigenvalue weighted by Crippen LogP contribution is 2.66. The van der Waals surface area contributed by atoms with Gasteiger partial charge in [-0.1, -0.05) is 121 Å². The number of hydrogen-bond donors (Lipinski definition) is 2. The number of nitrogens with one attached hydrogen (secondary N) is 1. The summed E-state index contributed by atoms with van der Waals surface area (Å²) in [7, 11) is 1.47. The molecule has 9 rings (SSSR count). The van der Waals surface area contributed by atoms with Crippen LogP contribution in [0.15, 0.2) is 133 Å². The zero-order valence-electron chi connectivity index (χ0n) is 32.4. The van der Waals surface area contributed by atoms with E-state index in [1.54, 1.807) is 48.5 Å². The second-order valence-corrected chi connectivity index (χ2v) is 15.6. The number of benzene rings is 5. The number of aliphatic hydroxyl groups is 1. The minimum atomic E-state index is -2.00. The van der Waals surface area contributed by atoms with E-state index in [1.807, 2.05) is 89.8 Å². The number of esters is 1. The van der Waals surface area contributed by atoms with Crippen LogP contribution in [0.3, 0.4) is 0 Å². The maximum Gasteiger partial charge on any atom is 0.421 e. The molecule has 0 radical (unpaired) electrons. The molecule has 1 spiro atoms. The summed E-state index contributed by atoms with van der Waals surface area (Å²) in [4.78, 5) is 68.6. The van der Waals surface area contributed by atoms with E-state index < -0.39 is 59.4 Å². The highest BCUT2D eigenvalue weighted by molar-refractivity contribution is 7.22. The summed E-state index contributed by atoms with van der Waals surface area (Å²) in [6.07, 6.45) is -1.88. The molecule has 2 N–H and O–H groups in total. The van der Waals surface area contributed by atoms with Gasteiger partial charge in [-0.3, -0.25) is 19.3 Å². The lowest BCUT2D eigenvalue weighted by atomic mass is 9.65. The number of thiazole rings is 1. The number of anilines is 2. The molecule has 0 unspecified atom stereocenters. The van der Waals surface area contributed by atoms with Gasteiger partial charge in [-0.2, -0.15) is 0 Å². The predicted octanol–water partition coefficient (Wildman–Crippen LogP) is 6.75. The summed E-state index contributed by atoms with van der Waals surface area (Å²) in [5, 5.41) is 13.2. The van der Waals surface area contributed by atoms with Crippen molar-refractivity contribution in [1.82, 2.24) is 9.88 Å².